The largest absolute Gasteiger partial charge is 4.00 e. The van der Waals surface area contributed by atoms with E-state index in [1.807, 2.05) is 0 Å². The molecule has 0 radical (unpaired) electrons. The Bertz CT molecular complexity index is 1170. The fourth-order valence-corrected chi connectivity index (χ4v) is 3.71. The predicted molar refractivity (Wildman–Crippen MR) is 117 cm³/mol. The van der Waals surface area contributed by atoms with Gasteiger partial charge in [-0.15, -0.1) is 41.1 Å². The molecular weight excluding hydrogens is 456 g/mol. The van der Waals surface area contributed by atoms with Gasteiger partial charge in [-0.05, 0) is 23.2 Å². The Hall–Kier alpha value is -2.32. The first-order chi connectivity index (χ1) is 13.0. The summed E-state index contributed by atoms with van der Waals surface area (Å²) in [5.74, 6) is 0. The van der Waals surface area contributed by atoms with Gasteiger partial charge in [-0.3, -0.25) is 0 Å². The summed E-state index contributed by atoms with van der Waals surface area (Å²) in [5.41, 5.74) is 8.24. The van der Waals surface area contributed by atoms with Gasteiger partial charge in [-0.1, -0.05) is 52.0 Å². The zero-order chi connectivity index (χ0) is 19.0. The molecule has 0 aliphatic heterocycles. The Labute approximate surface area is 195 Å². The van der Waals surface area contributed by atoms with Crippen LogP contribution in [0, 0.1) is 27.7 Å². The average Bonchev–Trinajstić information content (AvgIpc) is 3.35. The summed E-state index contributed by atoms with van der Waals surface area (Å²) in [5, 5.41) is 3.87. The van der Waals surface area contributed by atoms with Crippen LogP contribution in [0.15, 0.2) is 79.0 Å². The van der Waals surface area contributed by atoms with Crippen molar-refractivity contribution in [2.24, 2.45) is 0 Å². The summed E-state index contributed by atoms with van der Waals surface area (Å²) in [4.78, 5) is 0. The summed E-state index contributed by atoms with van der Waals surface area (Å²) in [6, 6.07) is 25.8. The maximum Gasteiger partial charge on any atom is 4.00 e. The van der Waals surface area contributed by atoms with Crippen molar-refractivity contribution in [1.82, 2.24) is 4.57 Å². The van der Waals surface area contributed by atoms with Gasteiger partial charge >= 0.3 is 26.2 Å². The Morgan fingerprint density at radius 2 is 1.47 bits per heavy atom. The van der Waals surface area contributed by atoms with Crippen LogP contribution in [0.3, 0.4) is 0 Å². The molecule has 4 aromatic carbocycles. The van der Waals surface area contributed by atoms with Gasteiger partial charge in [0.05, 0.1) is 5.52 Å². The van der Waals surface area contributed by atoms with E-state index in [9.17, 15) is 0 Å². The van der Waals surface area contributed by atoms with Crippen molar-refractivity contribution in [2.75, 3.05) is 0 Å². The fourth-order valence-electron chi connectivity index (χ4n) is 3.71. The molecule has 152 valence electrons. The molecule has 0 amide bonds. The molecular formula is C26H25F2NZr. The minimum Gasteiger partial charge on any atom is -1.00 e. The number of aryl methyl sites for hydroxylation is 2. The van der Waals surface area contributed by atoms with Crippen molar-refractivity contribution >= 4 is 21.7 Å². The third-order valence-corrected chi connectivity index (χ3v) is 5.66. The summed E-state index contributed by atoms with van der Waals surface area (Å²) in [7, 11) is 0. The number of hydrogen-bond donors (Lipinski definition) is 0. The van der Waals surface area contributed by atoms with E-state index in [2.05, 4.69) is 111 Å². The molecule has 0 saturated carbocycles. The van der Waals surface area contributed by atoms with Gasteiger partial charge in [-0.25, -0.2) is 0 Å². The second kappa shape index (κ2) is 10.6. The normalized spacial score (nSPS) is 9.87. The van der Waals surface area contributed by atoms with E-state index in [1.165, 1.54) is 49.6 Å². The summed E-state index contributed by atoms with van der Waals surface area (Å²) >= 11 is 0. The van der Waals surface area contributed by atoms with E-state index in [-0.39, 0.29) is 35.6 Å². The molecule has 0 bridgehead atoms. The summed E-state index contributed by atoms with van der Waals surface area (Å²) in [6.45, 7) is 8.68. The van der Waals surface area contributed by atoms with Crippen molar-refractivity contribution in [2.45, 2.75) is 27.7 Å². The van der Waals surface area contributed by atoms with Gasteiger partial charge in [0, 0.05) is 6.20 Å². The second-order valence-electron chi connectivity index (χ2n) is 7.35. The fraction of sp³-hybridized carbons (Fsp3) is 0.154. The number of hydrogen-bond acceptors (Lipinski definition) is 0. The van der Waals surface area contributed by atoms with Crippen LogP contribution in [-0.4, -0.2) is 4.57 Å². The van der Waals surface area contributed by atoms with E-state index in [4.69, 9.17) is 0 Å². The monoisotopic (exact) mass is 479 g/mol. The van der Waals surface area contributed by atoms with Crippen molar-refractivity contribution in [3.8, 4) is 5.69 Å². The molecule has 0 atom stereocenters. The number of aromatic nitrogens is 1. The number of para-hydroxylation sites is 1. The van der Waals surface area contributed by atoms with Gasteiger partial charge in [0.1, 0.15) is 0 Å². The summed E-state index contributed by atoms with van der Waals surface area (Å²) < 4.78 is 2.25. The van der Waals surface area contributed by atoms with Gasteiger partial charge in [0.25, 0.3) is 0 Å². The summed E-state index contributed by atoms with van der Waals surface area (Å²) in [6.07, 6.45) is 2.14. The van der Waals surface area contributed by atoms with Gasteiger partial charge < -0.3 is 14.0 Å². The van der Waals surface area contributed by atoms with Crippen LogP contribution in [-0.2, 0) is 26.2 Å². The minimum atomic E-state index is 0. The Balaban J connectivity index is 0.000000327. The Kier molecular flexibility index (Phi) is 9.12. The standard InChI is InChI=1S/C17H12N.C9H13.2FH.Zr/c1-2-7-15-12-16(11-14(15)6-1)18-10-9-13-5-3-4-8-17(13)18;1-6-5-7(2)9(4)8(6)3;;;/h1-12H;5H,1-4H3;2*1H;/q2*-1;;;+4/p-2. The first kappa shape index (κ1) is 25.7. The number of nitrogens with zero attached hydrogens (tertiary/aromatic N) is 1. The van der Waals surface area contributed by atoms with E-state index in [0.29, 0.717) is 0 Å². The molecule has 1 aromatic heterocycles. The van der Waals surface area contributed by atoms with E-state index >= 15 is 0 Å². The smallest absolute Gasteiger partial charge is 1.00 e. The maximum absolute atomic E-state index is 2.25. The number of benzene rings is 2. The van der Waals surface area contributed by atoms with Crippen LogP contribution in [0.4, 0.5) is 0 Å². The molecule has 0 fully saturated rings. The van der Waals surface area contributed by atoms with E-state index < -0.39 is 0 Å². The van der Waals surface area contributed by atoms with Crippen LogP contribution in [0.25, 0.3) is 27.4 Å². The molecule has 0 aliphatic carbocycles. The van der Waals surface area contributed by atoms with Crippen LogP contribution in [0.2, 0.25) is 0 Å². The molecule has 1 heterocycles. The van der Waals surface area contributed by atoms with Crippen LogP contribution >= 0.6 is 0 Å². The van der Waals surface area contributed by atoms with Crippen molar-refractivity contribution in [1.29, 1.82) is 0 Å². The van der Waals surface area contributed by atoms with Gasteiger partial charge in [0.15, 0.2) is 0 Å². The Morgan fingerprint density at radius 1 is 0.833 bits per heavy atom. The molecule has 0 aliphatic rings. The second-order valence-corrected chi connectivity index (χ2v) is 7.35. The molecule has 0 N–H and O–H groups in total. The topological polar surface area (TPSA) is 4.93 Å². The number of rotatable bonds is 1. The first-order valence-electron chi connectivity index (χ1n) is 9.46. The zero-order valence-corrected chi connectivity index (χ0v) is 20.2. The first-order valence-corrected chi connectivity index (χ1v) is 9.46. The quantitative estimate of drug-likeness (QED) is 0.317. The molecule has 4 heteroatoms. The van der Waals surface area contributed by atoms with Gasteiger partial charge in [-0.2, -0.15) is 28.3 Å². The third kappa shape index (κ3) is 4.87. The van der Waals surface area contributed by atoms with Crippen molar-refractivity contribution in [3.05, 3.63) is 101 Å². The Morgan fingerprint density at radius 3 is 2.03 bits per heavy atom. The molecule has 30 heavy (non-hydrogen) atoms. The predicted octanol–water partition coefficient (Wildman–Crippen LogP) is 1.15. The van der Waals surface area contributed by atoms with Crippen LogP contribution < -0.4 is 9.41 Å². The van der Waals surface area contributed by atoms with Gasteiger partial charge in [0.2, 0.25) is 0 Å². The molecule has 0 saturated heterocycles. The minimum absolute atomic E-state index is 0. The van der Waals surface area contributed by atoms with E-state index in [1.54, 1.807) is 0 Å². The maximum atomic E-state index is 2.25. The average molecular weight is 481 g/mol. The van der Waals surface area contributed by atoms with Crippen LogP contribution in [0.1, 0.15) is 22.3 Å². The number of fused-ring (bicyclic) bond motifs is 2. The molecule has 1 nitrogen and oxygen atoms in total. The SMILES string of the molecule is Cc1c[c-](C)c(C)c1C.[F-].[F-].[Zr+4].c1ccc2[cH-]c(-n3ccc4ccccc43)cc2c1. The zero-order valence-electron chi connectivity index (χ0n) is 17.7. The van der Waals surface area contributed by atoms with E-state index in [0.717, 1.165) is 0 Å². The molecule has 0 spiro atoms. The third-order valence-electron chi connectivity index (χ3n) is 5.66. The molecule has 5 rings (SSSR count). The molecule has 0 unspecified atom stereocenters. The molecule has 5 aromatic rings. The van der Waals surface area contributed by atoms with Crippen molar-refractivity contribution < 1.29 is 35.6 Å². The van der Waals surface area contributed by atoms with Crippen LogP contribution in [0.5, 0.6) is 0 Å². The number of halogens is 2. The van der Waals surface area contributed by atoms with Crippen molar-refractivity contribution in [3.63, 3.8) is 0 Å².